The molecule has 2 amide bonds. The van der Waals surface area contributed by atoms with Crippen molar-refractivity contribution in [1.29, 1.82) is 0 Å². The van der Waals surface area contributed by atoms with Crippen molar-refractivity contribution >= 4 is 29.5 Å². The lowest BCUT2D eigenvalue weighted by Gasteiger charge is -2.12. The molecule has 1 aromatic carbocycles. The maximum Gasteiger partial charge on any atom is 0.268 e. The van der Waals surface area contributed by atoms with Gasteiger partial charge in [0, 0.05) is 22.7 Å². The highest BCUT2D eigenvalue weighted by atomic mass is 35.5. The van der Waals surface area contributed by atoms with Crippen molar-refractivity contribution in [2.75, 3.05) is 0 Å². The minimum Gasteiger partial charge on any atom is -0.465 e. The quantitative estimate of drug-likeness (QED) is 0.826. The van der Waals surface area contributed by atoms with Crippen LogP contribution in [0.5, 0.6) is 0 Å². The van der Waals surface area contributed by atoms with Gasteiger partial charge in [-0.1, -0.05) is 11.6 Å². The van der Waals surface area contributed by atoms with Crippen LogP contribution in [0.4, 0.5) is 0 Å². The van der Waals surface area contributed by atoms with Crippen LogP contribution >= 0.6 is 11.6 Å². The number of furan rings is 1. The van der Waals surface area contributed by atoms with Gasteiger partial charge < -0.3 is 15.1 Å². The molecule has 6 heteroatoms. The van der Waals surface area contributed by atoms with Crippen molar-refractivity contribution < 1.29 is 14.0 Å². The molecule has 23 heavy (non-hydrogen) atoms. The lowest BCUT2D eigenvalue weighted by molar-refractivity contribution is -0.118. The SMILES string of the molecule is CC(C)NC(=O)C(=Cc1ccco1)NC(=O)c1ccc(Cl)cc1. The van der Waals surface area contributed by atoms with Gasteiger partial charge in [0.1, 0.15) is 11.5 Å². The van der Waals surface area contributed by atoms with Gasteiger partial charge in [-0.05, 0) is 50.2 Å². The van der Waals surface area contributed by atoms with Crippen molar-refractivity contribution in [1.82, 2.24) is 10.6 Å². The third-order valence-electron chi connectivity index (χ3n) is 2.85. The number of rotatable bonds is 5. The molecule has 0 aliphatic rings. The van der Waals surface area contributed by atoms with E-state index in [1.54, 1.807) is 36.4 Å². The van der Waals surface area contributed by atoms with Crippen molar-refractivity contribution in [3.8, 4) is 0 Å². The van der Waals surface area contributed by atoms with Gasteiger partial charge in [0.25, 0.3) is 11.8 Å². The predicted molar refractivity (Wildman–Crippen MR) is 88.9 cm³/mol. The zero-order valence-corrected chi connectivity index (χ0v) is 13.6. The highest BCUT2D eigenvalue weighted by Gasteiger charge is 2.15. The van der Waals surface area contributed by atoms with Crippen LogP contribution in [0.3, 0.4) is 0 Å². The molecule has 0 aliphatic carbocycles. The van der Waals surface area contributed by atoms with Gasteiger partial charge in [-0.2, -0.15) is 0 Å². The summed E-state index contributed by atoms with van der Waals surface area (Å²) in [6.45, 7) is 3.67. The van der Waals surface area contributed by atoms with E-state index in [1.165, 1.54) is 12.3 Å². The first-order valence-electron chi connectivity index (χ1n) is 7.08. The molecule has 0 radical (unpaired) electrons. The molecule has 2 rings (SSSR count). The van der Waals surface area contributed by atoms with Crippen LogP contribution in [0.1, 0.15) is 30.0 Å². The highest BCUT2D eigenvalue weighted by molar-refractivity contribution is 6.30. The van der Waals surface area contributed by atoms with Crippen LogP contribution in [0.15, 0.2) is 52.8 Å². The van der Waals surface area contributed by atoms with Crippen molar-refractivity contribution in [3.63, 3.8) is 0 Å². The lowest BCUT2D eigenvalue weighted by Crippen LogP contribution is -2.38. The minimum atomic E-state index is -0.404. The van der Waals surface area contributed by atoms with E-state index in [0.29, 0.717) is 16.3 Å². The van der Waals surface area contributed by atoms with E-state index in [2.05, 4.69) is 10.6 Å². The molecule has 1 heterocycles. The highest BCUT2D eigenvalue weighted by Crippen LogP contribution is 2.11. The molecule has 0 aliphatic heterocycles. The van der Waals surface area contributed by atoms with E-state index >= 15 is 0 Å². The van der Waals surface area contributed by atoms with Gasteiger partial charge in [-0.15, -0.1) is 0 Å². The molecule has 0 fully saturated rings. The first-order chi connectivity index (χ1) is 11.0. The molecule has 0 spiro atoms. The molecule has 5 nitrogen and oxygen atoms in total. The molecule has 0 saturated carbocycles. The number of hydrogen-bond acceptors (Lipinski definition) is 3. The van der Waals surface area contributed by atoms with Crippen LogP contribution in [-0.4, -0.2) is 17.9 Å². The van der Waals surface area contributed by atoms with E-state index in [1.807, 2.05) is 13.8 Å². The Balaban J connectivity index is 2.21. The monoisotopic (exact) mass is 332 g/mol. The molecule has 0 saturated heterocycles. The number of nitrogens with one attached hydrogen (secondary N) is 2. The smallest absolute Gasteiger partial charge is 0.268 e. The molecule has 0 atom stereocenters. The van der Waals surface area contributed by atoms with E-state index in [9.17, 15) is 9.59 Å². The summed E-state index contributed by atoms with van der Waals surface area (Å²) in [6, 6.07) is 9.73. The topological polar surface area (TPSA) is 71.3 Å². The number of carbonyl (C=O) groups is 2. The molecule has 1 aromatic heterocycles. The molecular formula is C17H17ClN2O3. The summed E-state index contributed by atoms with van der Waals surface area (Å²) in [5, 5.41) is 5.87. The maximum atomic E-state index is 12.3. The van der Waals surface area contributed by atoms with Crippen molar-refractivity contribution in [2.24, 2.45) is 0 Å². The van der Waals surface area contributed by atoms with Gasteiger partial charge in [-0.3, -0.25) is 9.59 Å². The number of carbonyl (C=O) groups excluding carboxylic acids is 2. The van der Waals surface area contributed by atoms with Crippen molar-refractivity contribution in [3.05, 3.63) is 64.7 Å². The lowest BCUT2D eigenvalue weighted by atomic mass is 10.2. The van der Waals surface area contributed by atoms with E-state index in [4.69, 9.17) is 16.0 Å². The summed E-state index contributed by atoms with van der Waals surface area (Å²) in [5.41, 5.74) is 0.505. The fourth-order valence-corrected chi connectivity index (χ4v) is 1.94. The maximum absolute atomic E-state index is 12.3. The standard InChI is InChI=1S/C17H17ClN2O3/c1-11(2)19-17(22)15(10-14-4-3-9-23-14)20-16(21)12-5-7-13(18)8-6-12/h3-11H,1-2H3,(H,19,22)(H,20,21). The number of amides is 2. The molecule has 0 unspecified atom stereocenters. The Bertz CT molecular complexity index is 704. The van der Waals surface area contributed by atoms with Gasteiger partial charge in [0.2, 0.25) is 0 Å². The van der Waals surface area contributed by atoms with E-state index in [0.717, 1.165) is 0 Å². The van der Waals surface area contributed by atoms with Crippen LogP contribution in [-0.2, 0) is 4.79 Å². The minimum absolute atomic E-state index is 0.0602. The van der Waals surface area contributed by atoms with Gasteiger partial charge in [0.15, 0.2) is 0 Å². The largest absolute Gasteiger partial charge is 0.465 e. The molecule has 2 aromatic rings. The predicted octanol–water partition coefficient (Wildman–Crippen LogP) is 3.23. The van der Waals surface area contributed by atoms with Gasteiger partial charge >= 0.3 is 0 Å². The third-order valence-corrected chi connectivity index (χ3v) is 3.10. The Morgan fingerprint density at radius 1 is 1.17 bits per heavy atom. The van der Waals surface area contributed by atoms with Gasteiger partial charge in [-0.25, -0.2) is 0 Å². The summed E-state index contributed by atoms with van der Waals surface area (Å²) in [4.78, 5) is 24.5. The number of benzene rings is 1. The Morgan fingerprint density at radius 3 is 2.43 bits per heavy atom. The van der Waals surface area contributed by atoms with Gasteiger partial charge in [0.05, 0.1) is 6.26 Å². The second-order valence-electron chi connectivity index (χ2n) is 5.16. The molecule has 120 valence electrons. The average Bonchev–Trinajstić information content (AvgIpc) is 2.99. The van der Waals surface area contributed by atoms with E-state index in [-0.39, 0.29) is 11.7 Å². The second kappa shape index (κ2) is 7.65. The van der Waals surface area contributed by atoms with Crippen LogP contribution in [0.2, 0.25) is 5.02 Å². The van der Waals surface area contributed by atoms with Crippen molar-refractivity contribution in [2.45, 2.75) is 19.9 Å². The first kappa shape index (κ1) is 16.8. The van der Waals surface area contributed by atoms with Crippen LogP contribution in [0.25, 0.3) is 6.08 Å². The van der Waals surface area contributed by atoms with Crippen LogP contribution in [0, 0.1) is 0 Å². The summed E-state index contributed by atoms with van der Waals surface area (Å²) in [5.74, 6) is -0.326. The number of hydrogen-bond donors (Lipinski definition) is 2. The fourth-order valence-electron chi connectivity index (χ4n) is 1.81. The van der Waals surface area contributed by atoms with Crippen LogP contribution < -0.4 is 10.6 Å². The molecular weight excluding hydrogens is 316 g/mol. The Morgan fingerprint density at radius 2 is 1.87 bits per heavy atom. The third kappa shape index (κ3) is 5.00. The Hall–Kier alpha value is -2.53. The Kier molecular flexibility index (Phi) is 5.60. The summed E-state index contributed by atoms with van der Waals surface area (Å²) < 4.78 is 5.20. The fraction of sp³-hybridized carbons (Fsp3) is 0.176. The summed E-state index contributed by atoms with van der Waals surface area (Å²) in [7, 11) is 0. The van der Waals surface area contributed by atoms with E-state index < -0.39 is 11.8 Å². The Labute approximate surface area is 139 Å². The zero-order chi connectivity index (χ0) is 16.8. The number of halogens is 1. The molecule has 2 N–H and O–H groups in total. The zero-order valence-electron chi connectivity index (χ0n) is 12.8. The molecule has 0 bridgehead atoms. The first-order valence-corrected chi connectivity index (χ1v) is 7.46. The average molecular weight is 333 g/mol. The summed E-state index contributed by atoms with van der Waals surface area (Å²) >= 11 is 5.81. The normalized spacial score (nSPS) is 11.4. The second-order valence-corrected chi connectivity index (χ2v) is 5.60. The summed E-state index contributed by atoms with van der Waals surface area (Å²) in [6.07, 6.45) is 2.97.